The van der Waals surface area contributed by atoms with E-state index in [9.17, 15) is 10.1 Å². The van der Waals surface area contributed by atoms with Crippen LogP contribution in [0, 0.1) is 10.1 Å². The Balaban J connectivity index is 0.00000128. The van der Waals surface area contributed by atoms with E-state index in [1.165, 1.54) is 12.3 Å². The molecule has 2 heterocycles. The van der Waals surface area contributed by atoms with Crippen molar-refractivity contribution < 1.29 is 4.92 Å². The van der Waals surface area contributed by atoms with Crippen molar-refractivity contribution in [1.82, 2.24) is 10.3 Å². The molecule has 0 unspecified atom stereocenters. The van der Waals surface area contributed by atoms with Gasteiger partial charge in [0.2, 0.25) is 0 Å². The summed E-state index contributed by atoms with van der Waals surface area (Å²) in [7, 11) is 0. The van der Waals surface area contributed by atoms with E-state index >= 15 is 0 Å². The van der Waals surface area contributed by atoms with Gasteiger partial charge < -0.3 is 10.2 Å². The molecule has 2 rings (SSSR count). The van der Waals surface area contributed by atoms with Crippen LogP contribution in [0.2, 0.25) is 0 Å². The standard InChI is InChI=1S/C9H12N4O2.2ClH/c14-13(15)8-1-2-9(11-7-8)12-5-3-10-4-6-12;;/h1-2,7,10H,3-6H2;2*1H. The molecule has 0 bridgehead atoms. The van der Waals surface area contributed by atoms with E-state index in [0.717, 1.165) is 32.0 Å². The molecule has 0 aliphatic carbocycles. The Morgan fingerprint density at radius 3 is 2.41 bits per heavy atom. The Bertz CT molecular complexity index is 355. The van der Waals surface area contributed by atoms with Gasteiger partial charge in [0.15, 0.2) is 0 Å². The van der Waals surface area contributed by atoms with Crippen molar-refractivity contribution in [1.29, 1.82) is 0 Å². The van der Waals surface area contributed by atoms with Gasteiger partial charge in [-0.3, -0.25) is 10.1 Å². The highest BCUT2D eigenvalue weighted by atomic mass is 35.5. The molecule has 1 N–H and O–H groups in total. The van der Waals surface area contributed by atoms with Crippen LogP contribution in [0.25, 0.3) is 0 Å². The van der Waals surface area contributed by atoms with E-state index in [2.05, 4.69) is 15.2 Å². The largest absolute Gasteiger partial charge is 0.354 e. The van der Waals surface area contributed by atoms with E-state index in [1.807, 2.05) is 0 Å². The number of halogens is 2. The Hall–Kier alpha value is -1.11. The maximum atomic E-state index is 10.4. The number of pyridine rings is 1. The van der Waals surface area contributed by atoms with Gasteiger partial charge in [-0.2, -0.15) is 0 Å². The van der Waals surface area contributed by atoms with Gasteiger partial charge in [-0.25, -0.2) is 4.98 Å². The number of nitro groups is 1. The van der Waals surface area contributed by atoms with E-state index in [0.29, 0.717) is 0 Å². The number of anilines is 1. The normalized spacial score (nSPS) is 14.5. The Labute approximate surface area is 111 Å². The van der Waals surface area contributed by atoms with Crippen LogP contribution in [0.4, 0.5) is 11.5 Å². The van der Waals surface area contributed by atoms with Crippen LogP contribution in [0.15, 0.2) is 18.3 Å². The fraction of sp³-hybridized carbons (Fsp3) is 0.444. The monoisotopic (exact) mass is 280 g/mol. The highest BCUT2D eigenvalue weighted by molar-refractivity contribution is 5.85. The number of aromatic nitrogens is 1. The lowest BCUT2D eigenvalue weighted by molar-refractivity contribution is -0.385. The second kappa shape index (κ2) is 7.26. The Morgan fingerprint density at radius 1 is 1.29 bits per heavy atom. The fourth-order valence-corrected chi connectivity index (χ4v) is 1.57. The first-order chi connectivity index (χ1) is 7.27. The minimum Gasteiger partial charge on any atom is -0.354 e. The summed E-state index contributed by atoms with van der Waals surface area (Å²) in [5.74, 6) is 0.808. The van der Waals surface area contributed by atoms with E-state index in [4.69, 9.17) is 0 Å². The summed E-state index contributed by atoms with van der Waals surface area (Å²) in [6, 6.07) is 3.19. The number of rotatable bonds is 2. The first kappa shape index (κ1) is 15.9. The predicted molar refractivity (Wildman–Crippen MR) is 70.5 cm³/mol. The van der Waals surface area contributed by atoms with Crippen LogP contribution < -0.4 is 10.2 Å². The lowest BCUT2D eigenvalue weighted by atomic mass is 10.3. The van der Waals surface area contributed by atoms with Crippen LogP contribution in [0.5, 0.6) is 0 Å². The number of hydrogen-bond donors (Lipinski definition) is 1. The molecule has 1 aromatic heterocycles. The Kier molecular flexibility index (Phi) is 6.79. The third kappa shape index (κ3) is 3.99. The maximum absolute atomic E-state index is 10.4. The summed E-state index contributed by atoms with van der Waals surface area (Å²) >= 11 is 0. The molecular formula is C9H14Cl2N4O2. The predicted octanol–water partition coefficient (Wildman–Crippen LogP) is 1.24. The van der Waals surface area contributed by atoms with Gasteiger partial charge in [0.1, 0.15) is 12.0 Å². The number of nitrogens with one attached hydrogen (secondary N) is 1. The molecule has 17 heavy (non-hydrogen) atoms. The van der Waals surface area contributed by atoms with Crippen molar-refractivity contribution in [3.05, 3.63) is 28.4 Å². The zero-order valence-corrected chi connectivity index (χ0v) is 10.7. The molecule has 0 atom stereocenters. The third-order valence-electron chi connectivity index (χ3n) is 2.38. The summed E-state index contributed by atoms with van der Waals surface area (Å²) in [6.07, 6.45) is 1.30. The first-order valence-electron chi connectivity index (χ1n) is 4.83. The number of nitrogens with zero attached hydrogens (tertiary/aromatic N) is 3. The zero-order chi connectivity index (χ0) is 10.7. The SMILES string of the molecule is Cl.Cl.O=[N+]([O-])c1ccc(N2CCNCC2)nc1. The zero-order valence-electron chi connectivity index (χ0n) is 9.04. The van der Waals surface area contributed by atoms with Crippen molar-refractivity contribution in [2.24, 2.45) is 0 Å². The van der Waals surface area contributed by atoms with Gasteiger partial charge in [-0.05, 0) is 6.07 Å². The van der Waals surface area contributed by atoms with E-state index in [-0.39, 0.29) is 30.5 Å². The fourth-order valence-electron chi connectivity index (χ4n) is 1.57. The molecule has 8 heteroatoms. The van der Waals surface area contributed by atoms with Gasteiger partial charge in [0.25, 0.3) is 5.69 Å². The molecule has 1 fully saturated rings. The summed E-state index contributed by atoms with van der Waals surface area (Å²) in [5.41, 5.74) is 0.0360. The highest BCUT2D eigenvalue weighted by Gasteiger charge is 2.12. The van der Waals surface area contributed by atoms with Crippen molar-refractivity contribution >= 4 is 36.3 Å². The minimum absolute atomic E-state index is 0. The highest BCUT2D eigenvalue weighted by Crippen LogP contribution is 2.15. The van der Waals surface area contributed by atoms with Gasteiger partial charge >= 0.3 is 0 Å². The molecule has 0 spiro atoms. The van der Waals surface area contributed by atoms with E-state index < -0.39 is 4.92 Å². The average molecular weight is 281 g/mol. The van der Waals surface area contributed by atoms with Gasteiger partial charge in [0, 0.05) is 32.2 Å². The molecule has 0 aromatic carbocycles. The molecule has 6 nitrogen and oxygen atoms in total. The topological polar surface area (TPSA) is 71.3 Å². The van der Waals surface area contributed by atoms with E-state index in [1.54, 1.807) is 6.07 Å². The smallest absolute Gasteiger partial charge is 0.287 e. The summed E-state index contributed by atoms with van der Waals surface area (Å²) in [4.78, 5) is 16.2. The van der Waals surface area contributed by atoms with Crippen molar-refractivity contribution in [2.45, 2.75) is 0 Å². The van der Waals surface area contributed by atoms with Crippen molar-refractivity contribution in [3.63, 3.8) is 0 Å². The molecule has 1 saturated heterocycles. The number of piperazine rings is 1. The van der Waals surface area contributed by atoms with Crippen LogP contribution in [-0.2, 0) is 0 Å². The molecule has 1 aromatic rings. The van der Waals surface area contributed by atoms with Gasteiger partial charge in [0.05, 0.1) is 4.92 Å². The van der Waals surface area contributed by atoms with Crippen molar-refractivity contribution in [2.75, 3.05) is 31.1 Å². The third-order valence-corrected chi connectivity index (χ3v) is 2.38. The molecular weight excluding hydrogens is 267 g/mol. The van der Waals surface area contributed by atoms with Gasteiger partial charge in [-0.15, -0.1) is 24.8 Å². The first-order valence-corrected chi connectivity index (χ1v) is 4.83. The second-order valence-electron chi connectivity index (χ2n) is 3.37. The minimum atomic E-state index is -0.436. The summed E-state index contributed by atoms with van der Waals surface area (Å²) in [5, 5.41) is 13.7. The lowest BCUT2D eigenvalue weighted by Gasteiger charge is -2.28. The quantitative estimate of drug-likeness (QED) is 0.652. The van der Waals surface area contributed by atoms with Crippen LogP contribution in [0.1, 0.15) is 0 Å². The lowest BCUT2D eigenvalue weighted by Crippen LogP contribution is -2.43. The second-order valence-corrected chi connectivity index (χ2v) is 3.37. The summed E-state index contributed by atoms with van der Waals surface area (Å²) in [6.45, 7) is 3.65. The van der Waals surface area contributed by atoms with Crippen LogP contribution in [0.3, 0.4) is 0 Å². The molecule has 1 aliphatic rings. The van der Waals surface area contributed by atoms with Gasteiger partial charge in [-0.1, -0.05) is 0 Å². The van der Waals surface area contributed by atoms with Crippen LogP contribution in [-0.4, -0.2) is 36.1 Å². The maximum Gasteiger partial charge on any atom is 0.287 e. The summed E-state index contributed by atoms with van der Waals surface area (Å²) < 4.78 is 0. The average Bonchev–Trinajstić information content (AvgIpc) is 2.30. The Morgan fingerprint density at radius 2 is 1.94 bits per heavy atom. The molecule has 96 valence electrons. The van der Waals surface area contributed by atoms with Crippen molar-refractivity contribution in [3.8, 4) is 0 Å². The molecule has 0 radical (unpaired) electrons. The van der Waals surface area contributed by atoms with Crippen LogP contribution >= 0.6 is 24.8 Å². The molecule has 1 aliphatic heterocycles. The molecule has 0 saturated carbocycles. The molecule has 0 amide bonds. The number of hydrogen-bond acceptors (Lipinski definition) is 5.